The molecule has 0 amide bonds. The first-order valence-electron chi connectivity index (χ1n) is 10.5. The Morgan fingerprint density at radius 3 is 2.27 bits per heavy atom. The number of rotatable bonds is 4. The third-order valence-corrected chi connectivity index (χ3v) is 5.98. The largest absolute Gasteiger partial charge is 0.394 e. The number of benzene rings is 2. The second kappa shape index (κ2) is 9.27. The van der Waals surface area contributed by atoms with E-state index in [4.69, 9.17) is 4.74 Å². The van der Waals surface area contributed by atoms with Gasteiger partial charge in [-0.3, -0.25) is 9.36 Å². The molecule has 1 aliphatic heterocycles. The summed E-state index contributed by atoms with van der Waals surface area (Å²) < 4.78 is 6.78. The minimum atomic E-state index is -1.68. The van der Waals surface area contributed by atoms with Gasteiger partial charge in [0, 0.05) is 5.56 Å². The molecule has 0 saturated carbocycles. The van der Waals surface area contributed by atoms with Crippen LogP contribution in [-0.4, -0.2) is 56.0 Å². The molecule has 2 heterocycles. The summed E-state index contributed by atoms with van der Waals surface area (Å²) in [6.07, 6.45) is -7.57. The van der Waals surface area contributed by atoms with Gasteiger partial charge in [0.25, 0.3) is 5.56 Å². The van der Waals surface area contributed by atoms with E-state index in [1.807, 2.05) is 43.3 Å². The lowest BCUT2D eigenvalue weighted by Gasteiger charge is -2.41. The van der Waals surface area contributed by atoms with Gasteiger partial charge >= 0.3 is 0 Å². The molecule has 1 aromatic heterocycles. The fourth-order valence-electron chi connectivity index (χ4n) is 4.20. The van der Waals surface area contributed by atoms with Gasteiger partial charge in [-0.1, -0.05) is 54.6 Å². The maximum absolute atomic E-state index is 13.7. The normalized spacial score (nSPS) is 24.9. The summed E-state index contributed by atoms with van der Waals surface area (Å²) in [4.78, 5) is 13.7. The molecule has 1 fully saturated rings. The molecule has 0 bridgehead atoms. The van der Waals surface area contributed by atoms with Crippen molar-refractivity contribution in [2.45, 2.75) is 37.6 Å². The highest BCUT2D eigenvalue weighted by Gasteiger charge is 2.45. The molecular weight excluding hydrogens is 424 g/mol. The Kier molecular flexibility index (Phi) is 6.42. The van der Waals surface area contributed by atoms with Gasteiger partial charge in [-0.2, -0.15) is 5.26 Å². The first kappa shape index (κ1) is 22.9. The summed E-state index contributed by atoms with van der Waals surface area (Å²) in [5.41, 5.74) is 2.11. The van der Waals surface area contributed by atoms with Crippen LogP contribution < -0.4 is 5.56 Å². The number of aromatic nitrogens is 1. The smallest absolute Gasteiger partial charge is 0.271 e. The van der Waals surface area contributed by atoms with Gasteiger partial charge in [-0.25, -0.2) is 0 Å². The zero-order valence-corrected chi connectivity index (χ0v) is 17.9. The van der Waals surface area contributed by atoms with E-state index in [1.54, 1.807) is 30.3 Å². The number of hydrogen-bond acceptors (Lipinski definition) is 7. The summed E-state index contributed by atoms with van der Waals surface area (Å²) >= 11 is 0. The van der Waals surface area contributed by atoms with Crippen LogP contribution in [0.2, 0.25) is 0 Å². The Morgan fingerprint density at radius 1 is 0.970 bits per heavy atom. The van der Waals surface area contributed by atoms with Crippen molar-refractivity contribution >= 4 is 0 Å². The quantitative estimate of drug-likeness (QED) is 0.473. The highest BCUT2D eigenvalue weighted by Crippen LogP contribution is 2.35. The van der Waals surface area contributed by atoms with Crippen LogP contribution in [-0.2, 0) is 4.74 Å². The number of hydrogen-bond donors (Lipinski definition) is 4. The van der Waals surface area contributed by atoms with Crippen molar-refractivity contribution in [1.82, 2.24) is 4.57 Å². The lowest BCUT2D eigenvalue weighted by molar-refractivity contribution is -0.251. The van der Waals surface area contributed by atoms with Crippen molar-refractivity contribution in [3.05, 3.63) is 82.1 Å². The molecule has 33 heavy (non-hydrogen) atoms. The highest BCUT2D eigenvalue weighted by molar-refractivity contribution is 5.77. The average molecular weight is 448 g/mol. The van der Waals surface area contributed by atoms with Crippen molar-refractivity contribution < 1.29 is 25.2 Å². The van der Waals surface area contributed by atoms with E-state index in [0.29, 0.717) is 22.4 Å². The van der Waals surface area contributed by atoms with Gasteiger partial charge in [0.1, 0.15) is 36.0 Å². The average Bonchev–Trinajstić information content (AvgIpc) is 2.83. The van der Waals surface area contributed by atoms with Crippen molar-refractivity contribution in [1.29, 1.82) is 5.26 Å². The van der Waals surface area contributed by atoms with Gasteiger partial charge < -0.3 is 25.2 Å². The standard InChI is InChI=1S/C25H24N2O6/c1-14-7-5-6-10-16(14)17-11-19(15-8-3-2-4-9-15)27(24(32)18(17)12-26)25-23(31)22(30)21(29)20(13-28)33-25/h2-11,20-23,25,28-31H,13H2,1H3/t20-,21-,22+,23-,25-/m1/s1. The molecule has 0 aliphatic carbocycles. The maximum atomic E-state index is 13.7. The van der Waals surface area contributed by atoms with Crippen LogP contribution in [0.1, 0.15) is 17.4 Å². The van der Waals surface area contributed by atoms with Crippen LogP contribution in [0, 0.1) is 18.3 Å². The summed E-state index contributed by atoms with van der Waals surface area (Å²) in [5, 5.41) is 50.7. The molecule has 5 atom stereocenters. The van der Waals surface area contributed by atoms with Crippen LogP contribution >= 0.6 is 0 Å². The van der Waals surface area contributed by atoms with Gasteiger partial charge in [0.2, 0.25) is 0 Å². The summed E-state index contributed by atoms with van der Waals surface area (Å²) in [6, 6.07) is 19.9. The molecule has 1 aliphatic rings. The van der Waals surface area contributed by atoms with E-state index < -0.39 is 42.8 Å². The van der Waals surface area contributed by atoms with Crippen molar-refractivity contribution in [2.24, 2.45) is 0 Å². The van der Waals surface area contributed by atoms with Crippen LogP contribution in [0.25, 0.3) is 22.4 Å². The van der Waals surface area contributed by atoms with E-state index in [1.165, 1.54) is 0 Å². The third-order valence-electron chi connectivity index (χ3n) is 5.98. The third kappa shape index (κ3) is 3.97. The SMILES string of the molecule is Cc1ccccc1-c1cc(-c2ccccc2)n([C@@H]2O[C@H](CO)[C@@H](O)[C@H](O)[C@H]2O)c(=O)c1C#N. The molecule has 4 N–H and O–H groups in total. The monoisotopic (exact) mass is 448 g/mol. The van der Waals surface area contributed by atoms with Crippen molar-refractivity contribution in [3.63, 3.8) is 0 Å². The van der Waals surface area contributed by atoms with Crippen molar-refractivity contribution in [3.8, 4) is 28.5 Å². The van der Waals surface area contributed by atoms with E-state index >= 15 is 0 Å². The Hall–Kier alpha value is -3.32. The van der Waals surface area contributed by atoms with Gasteiger partial charge in [-0.05, 0) is 29.7 Å². The fraction of sp³-hybridized carbons (Fsp3) is 0.280. The first-order valence-corrected chi connectivity index (χ1v) is 10.5. The van der Waals surface area contributed by atoms with E-state index in [0.717, 1.165) is 10.1 Å². The highest BCUT2D eigenvalue weighted by atomic mass is 16.6. The van der Waals surface area contributed by atoms with Crippen molar-refractivity contribution in [2.75, 3.05) is 6.61 Å². The van der Waals surface area contributed by atoms with Gasteiger partial charge in [0.15, 0.2) is 6.23 Å². The number of aryl methyl sites for hydroxylation is 1. The molecule has 0 spiro atoms. The molecule has 1 saturated heterocycles. The molecule has 2 aromatic carbocycles. The molecule has 8 nitrogen and oxygen atoms in total. The zero-order valence-electron chi connectivity index (χ0n) is 17.9. The van der Waals surface area contributed by atoms with Crippen LogP contribution in [0.15, 0.2) is 65.5 Å². The second-order valence-electron chi connectivity index (χ2n) is 8.01. The van der Waals surface area contributed by atoms with Gasteiger partial charge in [-0.15, -0.1) is 0 Å². The van der Waals surface area contributed by atoms with Gasteiger partial charge in [0.05, 0.1) is 12.3 Å². The number of ether oxygens (including phenoxy) is 1. The van der Waals surface area contributed by atoms with Crippen LogP contribution in [0.3, 0.4) is 0 Å². The predicted octanol–water partition coefficient (Wildman–Crippen LogP) is 1.33. The van der Waals surface area contributed by atoms with E-state index in [-0.39, 0.29) is 5.56 Å². The number of aliphatic hydroxyl groups is 4. The molecule has 0 radical (unpaired) electrons. The first-order chi connectivity index (χ1) is 15.9. The fourth-order valence-corrected chi connectivity index (χ4v) is 4.20. The zero-order chi connectivity index (χ0) is 23.7. The van der Waals surface area contributed by atoms with E-state index in [9.17, 15) is 30.5 Å². The Labute approximate surface area is 190 Å². The summed E-state index contributed by atoms with van der Waals surface area (Å²) in [7, 11) is 0. The van der Waals surface area contributed by atoms with E-state index in [2.05, 4.69) is 0 Å². The molecule has 170 valence electrons. The number of aliphatic hydroxyl groups excluding tert-OH is 4. The molecular formula is C25H24N2O6. The molecule has 3 aromatic rings. The lowest BCUT2D eigenvalue weighted by atomic mass is 9.94. The Bertz CT molecular complexity index is 1250. The lowest BCUT2D eigenvalue weighted by Crippen LogP contribution is -2.57. The number of pyridine rings is 1. The van der Waals surface area contributed by atoms with Crippen LogP contribution in [0.4, 0.5) is 0 Å². The Balaban J connectivity index is 2.02. The minimum Gasteiger partial charge on any atom is -0.394 e. The second-order valence-corrected chi connectivity index (χ2v) is 8.01. The molecule has 0 unspecified atom stereocenters. The van der Waals surface area contributed by atoms with Crippen LogP contribution in [0.5, 0.6) is 0 Å². The summed E-state index contributed by atoms with van der Waals surface area (Å²) in [6.45, 7) is 1.24. The molecule has 4 rings (SSSR count). The topological polar surface area (TPSA) is 136 Å². The molecule has 8 heteroatoms. The summed E-state index contributed by atoms with van der Waals surface area (Å²) in [5.74, 6) is 0. The maximum Gasteiger partial charge on any atom is 0.271 e. The number of nitrogens with zero attached hydrogens (tertiary/aromatic N) is 2. The predicted molar refractivity (Wildman–Crippen MR) is 120 cm³/mol. The number of nitriles is 1. The Morgan fingerprint density at radius 2 is 1.64 bits per heavy atom. The minimum absolute atomic E-state index is 0.152.